The molecule has 1 aliphatic rings. The smallest absolute Gasteiger partial charge is 0.289 e. The second kappa shape index (κ2) is 12.2. The molecule has 0 saturated carbocycles. The van der Waals surface area contributed by atoms with E-state index in [1.54, 1.807) is 11.0 Å². The minimum Gasteiger partial charge on any atom is -0.503 e. The van der Waals surface area contributed by atoms with E-state index in [9.17, 15) is 14.7 Å². The molecule has 8 heteroatoms. The summed E-state index contributed by atoms with van der Waals surface area (Å²) in [5.74, 6) is -1.29. The lowest BCUT2D eigenvalue weighted by Crippen LogP contribution is -2.33. The Kier molecular flexibility index (Phi) is 9.95. The lowest BCUT2D eigenvalue weighted by atomic mass is 10.1. The average molecular weight is 456 g/mol. The van der Waals surface area contributed by atoms with Gasteiger partial charge in [-0.3, -0.25) is 9.59 Å². The van der Waals surface area contributed by atoms with Gasteiger partial charge < -0.3 is 20.2 Å². The van der Waals surface area contributed by atoms with E-state index in [1.807, 2.05) is 12.1 Å². The van der Waals surface area contributed by atoms with Crippen LogP contribution in [0, 0.1) is 0 Å². The maximum absolute atomic E-state index is 12.4. The van der Waals surface area contributed by atoms with Crippen LogP contribution in [0.4, 0.5) is 0 Å². The number of hydrogen-bond acceptors (Lipinski definition) is 4. The van der Waals surface area contributed by atoms with Crippen molar-refractivity contribution in [2.75, 3.05) is 39.3 Å². The molecule has 1 aliphatic heterocycles. The zero-order valence-electron chi connectivity index (χ0n) is 17.7. The largest absolute Gasteiger partial charge is 0.503 e. The van der Waals surface area contributed by atoms with Crippen molar-refractivity contribution in [3.05, 3.63) is 45.1 Å². The van der Waals surface area contributed by atoms with Crippen molar-refractivity contribution in [1.29, 1.82) is 0 Å². The zero-order valence-corrected chi connectivity index (χ0v) is 19.2. The molecule has 1 aromatic rings. The van der Waals surface area contributed by atoms with Crippen LogP contribution in [0.5, 0.6) is 0 Å². The first-order chi connectivity index (χ1) is 14.4. The molecule has 2 amide bonds. The molecule has 0 atom stereocenters. The third-order valence-corrected chi connectivity index (χ3v) is 5.94. The van der Waals surface area contributed by atoms with Crippen molar-refractivity contribution in [3.63, 3.8) is 0 Å². The normalized spacial score (nSPS) is 14.2. The van der Waals surface area contributed by atoms with Gasteiger partial charge in [0.25, 0.3) is 11.8 Å². The quantitative estimate of drug-likeness (QED) is 0.469. The van der Waals surface area contributed by atoms with Crippen LogP contribution in [-0.4, -0.2) is 66.0 Å². The van der Waals surface area contributed by atoms with Crippen molar-refractivity contribution >= 4 is 35.0 Å². The number of carbonyl (C=O) groups excluding carboxylic acids is 2. The molecule has 0 spiro atoms. The maximum Gasteiger partial charge on any atom is 0.289 e. The molecule has 6 nitrogen and oxygen atoms in total. The van der Waals surface area contributed by atoms with Crippen LogP contribution in [-0.2, 0) is 16.0 Å². The molecule has 0 unspecified atom stereocenters. The van der Waals surface area contributed by atoms with Gasteiger partial charge in [0.05, 0.1) is 22.2 Å². The summed E-state index contributed by atoms with van der Waals surface area (Å²) in [5.41, 5.74) is 1.18. The fourth-order valence-electron chi connectivity index (χ4n) is 3.50. The van der Waals surface area contributed by atoms with E-state index in [2.05, 4.69) is 24.1 Å². The number of amides is 2. The highest BCUT2D eigenvalue weighted by Crippen LogP contribution is 2.23. The van der Waals surface area contributed by atoms with Gasteiger partial charge in [-0.1, -0.05) is 43.1 Å². The number of carbonyl (C=O) groups is 2. The first-order valence-electron chi connectivity index (χ1n) is 10.5. The van der Waals surface area contributed by atoms with E-state index in [0.717, 1.165) is 44.5 Å². The number of aliphatic hydroxyl groups is 1. The fraction of sp³-hybridized carbons (Fsp3) is 0.545. The van der Waals surface area contributed by atoms with E-state index in [0.29, 0.717) is 29.6 Å². The van der Waals surface area contributed by atoms with Gasteiger partial charge in [0.2, 0.25) is 0 Å². The van der Waals surface area contributed by atoms with E-state index in [1.165, 1.54) is 0 Å². The summed E-state index contributed by atoms with van der Waals surface area (Å²) < 4.78 is 0. The number of nitrogens with zero attached hydrogens (tertiary/aromatic N) is 2. The van der Waals surface area contributed by atoms with Crippen LogP contribution in [0.2, 0.25) is 10.0 Å². The highest BCUT2D eigenvalue weighted by molar-refractivity contribution is 6.42. The predicted molar refractivity (Wildman–Crippen MR) is 121 cm³/mol. The molecule has 0 radical (unpaired) electrons. The summed E-state index contributed by atoms with van der Waals surface area (Å²) in [6.45, 7) is 8.28. The Balaban J connectivity index is 1.75. The zero-order chi connectivity index (χ0) is 22.1. The molecule has 0 aromatic heterocycles. The summed E-state index contributed by atoms with van der Waals surface area (Å²) in [5, 5.41) is 13.9. The van der Waals surface area contributed by atoms with E-state index in [4.69, 9.17) is 23.2 Å². The summed E-state index contributed by atoms with van der Waals surface area (Å²) >= 11 is 11.9. The van der Waals surface area contributed by atoms with Crippen molar-refractivity contribution in [3.8, 4) is 0 Å². The summed E-state index contributed by atoms with van der Waals surface area (Å²) in [7, 11) is 0. The second-order valence-corrected chi connectivity index (χ2v) is 8.26. The van der Waals surface area contributed by atoms with Gasteiger partial charge in [0.15, 0.2) is 5.76 Å². The SMILES string of the molecule is CCCN(CC)CCCN1CC(C(=O)NCCCc2ccc(Cl)c(Cl)c2)=C(O)C1=O. The molecule has 0 fully saturated rings. The monoisotopic (exact) mass is 455 g/mol. The Morgan fingerprint density at radius 3 is 2.63 bits per heavy atom. The minimum absolute atomic E-state index is 0.149. The Morgan fingerprint density at radius 1 is 1.20 bits per heavy atom. The first kappa shape index (κ1) is 24.5. The number of hydrogen-bond donors (Lipinski definition) is 2. The molecule has 2 N–H and O–H groups in total. The van der Waals surface area contributed by atoms with Gasteiger partial charge in [-0.25, -0.2) is 0 Å². The predicted octanol–water partition coefficient (Wildman–Crippen LogP) is 3.82. The number of aliphatic hydroxyl groups excluding tert-OH is 1. The number of nitrogens with one attached hydrogen (secondary N) is 1. The van der Waals surface area contributed by atoms with Crippen molar-refractivity contribution in [2.45, 2.75) is 39.5 Å². The lowest BCUT2D eigenvalue weighted by Gasteiger charge is -2.22. The average Bonchev–Trinajstić information content (AvgIpc) is 3.01. The van der Waals surface area contributed by atoms with Crippen LogP contribution >= 0.6 is 23.2 Å². The molecular formula is C22H31Cl2N3O3. The maximum atomic E-state index is 12.4. The van der Waals surface area contributed by atoms with Gasteiger partial charge in [-0.2, -0.15) is 0 Å². The van der Waals surface area contributed by atoms with Gasteiger partial charge in [0, 0.05) is 13.1 Å². The number of rotatable bonds is 12. The molecule has 1 heterocycles. The first-order valence-corrected chi connectivity index (χ1v) is 11.3. The Labute approximate surface area is 188 Å². The minimum atomic E-state index is -0.463. The van der Waals surface area contributed by atoms with Crippen molar-refractivity contribution in [2.24, 2.45) is 0 Å². The molecule has 1 aromatic carbocycles. The standard InChI is InChI=1S/C22H31Cl2N3O3/c1-3-11-26(4-2)12-6-13-27-15-17(20(28)22(27)30)21(29)25-10-5-7-16-8-9-18(23)19(24)14-16/h8-9,14,28H,3-7,10-13,15H2,1-2H3,(H,25,29). The molecule has 30 heavy (non-hydrogen) atoms. The van der Waals surface area contributed by atoms with Crippen molar-refractivity contribution < 1.29 is 14.7 Å². The Hall–Kier alpha value is -1.76. The van der Waals surface area contributed by atoms with Crippen molar-refractivity contribution in [1.82, 2.24) is 15.1 Å². The van der Waals surface area contributed by atoms with E-state index in [-0.39, 0.29) is 12.1 Å². The third kappa shape index (κ3) is 6.89. The Morgan fingerprint density at radius 2 is 1.97 bits per heavy atom. The lowest BCUT2D eigenvalue weighted by molar-refractivity contribution is -0.127. The molecule has 0 bridgehead atoms. The third-order valence-electron chi connectivity index (χ3n) is 5.20. The fourth-order valence-corrected chi connectivity index (χ4v) is 3.82. The molecular weight excluding hydrogens is 425 g/mol. The molecule has 2 rings (SSSR count). The highest BCUT2D eigenvalue weighted by Gasteiger charge is 2.33. The summed E-state index contributed by atoms with van der Waals surface area (Å²) in [4.78, 5) is 28.6. The molecule has 166 valence electrons. The molecule has 0 aliphatic carbocycles. The van der Waals surface area contributed by atoms with Crippen LogP contribution in [0.15, 0.2) is 29.5 Å². The van der Waals surface area contributed by atoms with Gasteiger partial charge in [-0.05, 0) is 63.0 Å². The Bertz CT molecular complexity index is 783. The summed E-state index contributed by atoms with van der Waals surface area (Å²) in [6.07, 6.45) is 3.35. The number of aryl methyl sites for hydroxylation is 1. The van der Waals surface area contributed by atoms with E-state index >= 15 is 0 Å². The van der Waals surface area contributed by atoms with Gasteiger partial charge in [0.1, 0.15) is 0 Å². The van der Waals surface area contributed by atoms with Crippen LogP contribution in [0.3, 0.4) is 0 Å². The number of benzene rings is 1. The number of halogens is 2. The van der Waals surface area contributed by atoms with Gasteiger partial charge in [-0.15, -0.1) is 0 Å². The van der Waals surface area contributed by atoms with Crippen LogP contribution in [0.25, 0.3) is 0 Å². The van der Waals surface area contributed by atoms with Crippen LogP contribution < -0.4 is 5.32 Å². The topological polar surface area (TPSA) is 72.9 Å². The second-order valence-electron chi connectivity index (χ2n) is 7.45. The van der Waals surface area contributed by atoms with Gasteiger partial charge >= 0.3 is 0 Å². The summed E-state index contributed by atoms with van der Waals surface area (Å²) in [6, 6.07) is 5.47. The highest BCUT2D eigenvalue weighted by atomic mass is 35.5. The molecule has 0 saturated heterocycles. The van der Waals surface area contributed by atoms with E-state index < -0.39 is 17.6 Å². The van der Waals surface area contributed by atoms with Crippen LogP contribution in [0.1, 0.15) is 38.7 Å².